The topological polar surface area (TPSA) is 61.7 Å². The van der Waals surface area contributed by atoms with Crippen LogP contribution in [0.3, 0.4) is 0 Å². The Hall–Kier alpha value is -1.84. The van der Waals surface area contributed by atoms with Gasteiger partial charge in [-0.05, 0) is 11.6 Å². The van der Waals surface area contributed by atoms with Gasteiger partial charge in [-0.15, -0.1) is 0 Å². The Morgan fingerprint density at radius 1 is 1.38 bits per heavy atom. The van der Waals surface area contributed by atoms with E-state index in [1.807, 2.05) is 24.3 Å². The van der Waals surface area contributed by atoms with Gasteiger partial charge in [-0.25, -0.2) is 0 Å². The van der Waals surface area contributed by atoms with Crippen LogP contribution in [0, 0.1) is 0 Å². The lowest BCUT2D eigenvalue weighted by atomic mass is 10.0. The molecule has 0 bridgehead atoms. The first-order valence-electron chi connectivity index (χ1n) is 3.91. The Morgan fingerprint density at radius 2 is 2.15 bits per heavy atom. The molecule has 4 nitrogen and oxygen atoms in total. The van der Waals surface area contributed by atoms with E-state index in [0.717, 1.165) is 11.3 Å². The molecule has 0 aromatic heterocycles. The van der Waals surface area contributed by atoms with Crippen molar-refractivity contribution in [3.63, 3.8) is 0 Å². The lowest BCUT2D eigenvalue weighted by Gasteiger charge is -2.16. The van der Waals surface area contributed by atoms with E-state index in [-0.39, 0.29) is 11.6 Å². The fourth-order valence-electron chi connectivity index (χ4n) is 1.33. The van der Waals surface area contributed by atoms with E-state index in [0.29, 0.717) is 6.42 Å². The fourth-order valence-corrected chi connectivity index (χ4v) is 1.33. The van der Waals surface area contributed by atoms with Crippen molar-refractivity contribution in [1.29, 1.82) is 0 Å². The Morgan fingerprint density at radius 3 is 2.92 bits per heavy atom. The number of rotatable bonds is 0. The van der Waals surface area contributed by atoms with E-state index in [2.05, 4.69) is 10.5 Å². The van der Waals surface area contributed by atoms with Crippen molar-refractivity contribution in [3.05, 3.63) is 29.8 Å². The third-order valence-corrected chi connectivity index (χ3v) is 2.01. The number of para-hydroxylation sites is 1. The monoisotopic (exact) mass is 176 g/mol. The van der Waals surface area contributed by atoms with E-state index in [1.165, 1.54) is 0 Å². The molecule has 0 aliphatic carbocycles. The average molecular weight is 176 g/mol. The van der Waals surface area contributed by atoms with Crippen molar-refractivity contribution in [1.82, 2.24) is 0 Å². The van der Waals surface area contributed by atoms with Gasteiger partial charge < -0.3 is 10.5 Å². The maximum Gasteiger partial charge on any atom is 0.273 e. The van der Waals surface area contributed by atoms with Crippen LogP contribution in [0.25, 0.3) is 0 Å². The molecule has 66 valence electrons. The summed E-state index contributed by atoms with van der Waals surface area (Å²) in [6.45, 7) is 0. The molecule has 1 heterocycles. The van der Waals surface area contributed by atoms with Crippen molar-refractivity contribution >= 4 is 17.3 Å². The average Bonchev–Trinajstić information content (AvgIpc) is 2.17. The number of hydrogen-bond acceptors (Lipinski definition) is 3. The number of fused-ring (bicyclic) bond motifs is 1. The highest BCUT2D eigenvalue weighted by atomic mass is 16.4. The minimum Gasteiger partial charge on any atom is -0.410 e. The molecular weight excluding hydrogens is 168 g/mol. The van der Waals surface area contributed by atoms with E-state index >= 15 is 0 Å². The van der Waals surface area contributed by atoms with Gasteiger partial charge in [-0.3, -0.25) is 4.79 Å². The second-order valence-electron chi connectivity index (χ2n) is 2.83. The van der Waals surface area contributed by atoms with Crippen molar-refractivity contribution in [2.45, 2.75) is 6.42 Å². The van der Waals surface area contributed by atoms with Gasteiger partial charge in [0.2, 0.25) is 0 Å². The lowest BCUT2D eigenvalue weighted by Crippen LogP contribution is -2.29. The van der Waals surface area contributed by atoms with Crippen LogP contribution in [-0.2, 0) is 11.2 Å². The molecule has 4 heteroatoms. The number of carbonyl (C=O) groups excluding carboxylic acids is 1. The smallest absolute Gasteiger partial charge is 0.273 e. The Labute approximate surface area is 74.9 Å². The zero-order chi connectivity index (χ0) is 9.26. The molecule has 0 unspecified atom stereocenters. The van der Waals surface area contributed by atoms with E-state index in [1.54, 1.807) is 0 Å². The molecule has 0 fully saturated rings. The van der Waals surface area contributed by atoms with Gasteiger partial charge in [-0.2, -0.15) is 0 Å². The summed E-state index contributed by atoms with van der Waals surface area (Å²) in [5.74, 6) is -0.332. The highest BCUT2D eigenvalue weighted by molar-refractivity contribution is 6.44. The number of carbonyl (C=O) groups is 1. The highest BCUT2D eigenvalue weighted by Gasteiger charge is 2.20. The number of nitrogens with one attached hydrogen (secondary N) is 1. The molecule has 1 aromatic rings. The normalized spacial score (nSPS) is 18.2. The maximum atomic E-state index is 11.2. The van der Waals surface area contributed by atoms with Gasteiger partial charge in [0.15, 0.2) is 0 Å². The third kappa shape index (κ3) is 1.26. The molecule has 2 rings (SSSR count). The predicted molar refractivity (Wildman–Crippen MR) is 48.0 cm³/mol. The van der Waals surface area contributed by atoms with Gasteiger partial charge in [0.05, 0.1) is 0 Å². The second kappa shape index (κ2) is 2.90. The molecule has 1 aliphatic rings. The maximum absolute atomic E-state index is 11.2. The van der Waals surface area contributed by atoms with Crippen LogP contribution in [0.1, 0.15) is 5.56 Å². The molecule has 0 saturated heterocycles. The van der Waals surface area contributed by atoms with E-state index in [9.17, 15) is 4.79 Å². The van der Waals surface area contributed by atoms with Crippen molar-refractivity contribution in [2.24, 2.45) is 5.16 Å². The van der Waals surface area contributed by atoms with Crippen molar-refractivity contribution < 1.29 is 10.0 Å². The minimum absolute atomic E-state index is 0.152. The summed E-state index contributed by atoms with van der Waals surface area (Å²) in [6.07, 6.45) is 0.387. The Balaban J connectivity index is 2.44. The number of anilines is 1. The van der Waals surface area contributed by atoms with Crippen molar-refractivity contribution in [2.75, 3.05) is 5.32 Å². The summed E-state index contributed by atoms with van der Waals surface area (Å²) in [5, 5.41) is 14.1. The van der Waals surface area contributed by atoms with Gasteiger partial charge in [0.1, 0.15) is 5.71 Å². The number of nitrogens with zero attached hydrogens (tertiary/aromatic N) is 1. The minimum atomic E-state index is -0.332. The summed E-state index contributed by atoms with van der Waals surface area (Å²) < 4.78 is 0. The zero-order valence-corrected chi connectivity index (χ0v) is 6.82. The summed E-state index contributed by atoms with van der Waals surface area (Å²) in [6, 6.07) is 7.44. The van der Waals surface area contributed by atoms with Crippen LogP contribution in [-0.4, -0.2) is 16.8 Å². The lowest BCUT2D eigenvalue weighted by molar-refractivity contribution is -0.110. The Bertz CT molecular complexity index is 385. The zero-order valence-electron chi connectivity index (χ0n) is 6.82. The molecule has 1 aromatic carbocycles. The quantitative estimate of drug-likeness (QED) is 0.457. The second-order valence-corrected chi connectivity index (χ2v) is 2.83. The largest absolute Gasteiger partial charge is 0.410 e. The summed E-state index contributed by atoms with van der Waals surface area (Å²) >= 11 is 0. The molecule has 2 N–H and O–H groups in total. The summed E-state index contributed by atoms with van der Waals surface area (Å²) in [4.78, 5) is 11.2. The van der Waals surface area contributed by atoms with Gasteiger partial charge in [-0.1, -0.05) is 23.4 Å². The molecule has 0 saturated carbocycles. The molecule has 13 heavy (non-hydrogen) atoms. The summed E-state index contributed by atoms with van der Waals surface area (Å²) in [7, 11) is 0. The van der Waals surface area contributed by atoms with Crippen LogP contribution >= 0.6 is 0 Å². The first kappa shape index (κ1) is 7.79. The van der Waals surface area contributed by atoms with Crippen LogP contribution in [0.15, 0.2) is 29.4 Å². The van der Waals surface area contributed by atoms with Crippen LogP contribution in [0.4, 0.5) is 5.69 Å². The number of benzene rings is 1. The predicted octanol–water partition coefficient (Wildman–Crippen LogP) is 1.01. The van der Waals surface area contributed by atoms with Gasteiger partial charge in [0, 0.05) is 12.1 Å². The first-order chi connectivity index (χ1) is 6.31. The molecule has 1 amide bonds. The standard InChI is InChI=1S/C9H8N2O2/c12-9-8(11-13)5-6-3-1-2-4-7(6)10-9/h1-4,13H,5H2,(H,10,12)/b11-8-. The van der Waals surface area contributed by atoms with Crippen LogP contribution < -0.4 is 5.32 Å². The molecule has 0 spiro atoms. The van der Waals surface area contributed by atoms with Crippen LogP contribution in [0.5, 0.6) is 0 Å². The molecule has 0 atom stereocenters. The molecule has 1 aliphatic heterocycles. The first-order valence-corrected chi connectivity index (χ1v) is 3.91. The number of oxime groups is 1. The van der Waals surface area contributed by atoms with E-state index in [4.69, 9.17) is 5.21 Å². The Kier molecular flexibility index (Phi) is 1.73. The summed E-state index contributed by atoms with van der Waals surface area (Å²) in [5.41, 5.74) is 1.91. The number of hydrogen-bond donors (Lipinski definition) is 2. The molecule has 0 radical (unpaired) electrons. The highest BCUT2D eigenvalue weighted by Crippen LogP contribution is 2.20. The van der Waals surface area contributed by atoms with E-state index < -0.39 is 0 Å². The SMILES string of the molecule is O=C1Nc2ccccc2C/C1=N/O. The van der Waals surface area contributed by atoms with Crippen LogP contribution in [0.2, 0.25) is 0 Å². The third-order valence-electron chi connectivity index (χ3n) is 2.01. The van der Waals surface area contributed by atoms with Crippen molar-refractivity contribution in [3.8, 4) is 0 Å². The number of amides is 1. The van der Waals surface area contributed by atoms with Gasteiger partial charge in [0.25, 0.3) is 5.91 Å². The van der Waals surface area contributed by atoms with Gasteiger partial charge >= 0.3 is 0 Å². The molecular formula is C9H8N2O2. The fraction of sp³-hybridized carbons (Fsp3) is 0.111.